The molecule has 1 aromatic carbocycles. The second kappa shape index (κ2) is 9.21. The van der Waals surface area contributed by atoms with E-state index < -0.39 is 20.0 Å². The first-order chi connectivity index (χ1) is 12.2. The number of nitrogens with two attached hydrogens (primary N) is 1. The molecule has 0 aromatic heterocycles. The van der Waals surface area contributed by atoms with Crippen LogP contribution in [-0.2, 0) is 15.6 Å². The highest BCUT2D eigenvalue weighted by Crippen LogP contribution is 2.37. The lowest BCUT2D eigenvalue weighted by molar-refractivity contribution is 0.0439. The lowest BCUT2D eigenvalue weighted by Crippen LogP contribution is -2.55. The smallest absolute Gasteiger partial charge is 0.407 e. The fraction of sp³-hybridized carbons (Fsp3) is 0.667. The van der Waals surface area contributed by atoms with E-state index in [9.17, 15) is 4.79 Å². The summed E-state index contributed by atoms with van der Waals surface area (Å²) in [5.41, 5.74) is 6.65. The van der Waals surface area contributed by atoms with Gasteiger partial charge in [-0.2, -0.15) is 0 Å². The molecule has 1 aromatic rings. The van der Waals surface area contributed by atoms with E-state index in [1.807, 2.05) is 51.1 Å². The van der Waals surface area contributed by atoms with Crippen LogP contribution in [0.4, 0.5) is 4.79 Å². The van der Waals surface area contributed by atoms with Crippen molar-refractivity contribution >= 4 is 14.4 Å². The Bertz CT molecular complexity index is 592. The topological polar surface area (TPSA) is 73.6 Å². The van der Waals surface area contributed by atoms with Crippen molar-refractivity contribution in [3.8, 4) is 0 Å². The third-order valence-electron chi connectivity index (χ3n) is 4.93. The first-order valence-electron chi connectivity index (χ1n) is 9.66. The molecule has 6 heteroatoms. The minimum atomic E-state index is -2.04. The third kappa shape index (κ3) is 8.03. The Morgan fingerprint density at radius 1 is 1.11 bits per heavy atom. The Kier molecular flexibility index (Phi) is 8.08. The van der Waals surface area contributed by atoms with E-state index >= 15 is 0 Å². The van der Waals surface area contributed by atoms with Gasteiger partial charge in [-0.25, -0.2) is 4.79 Å². The van der Waals surface area contributed by atoms with Gasteiger partial charge >= 0.3 is 6.09 Å². The van der Waals surface area contributed by atoms with Crippen LogP contribution in [0, 0.1) is 0 Å². The summed E-state index contributed by atoms with van der Waals surface area (Å²) in [5.74, 6) is 0. The Hall–Kier alpha value is -1.37. The van der Waals surface area contributed by atoms with Gasteiger partial charge in [-0.15, -0.1) is 0 Å². The Morgan fingerprint density at radius 2 is 1.67 bits per heavy atom. The van der Waals surface area contributed by atoms with Crippen molar-refractivity contribution in [3.05, 3.63) is 35.9 Å². The molecule has 0 saturated carbocycles. The number of carbonyl (C=O) groups is 1. The predicted molar refractivity (Wildman–Crippen MR) is 114 cm³/mol. The number of ether oxygens (including phenoxy) is 1. The summed E-state index contributed by atoms with van der Waals surface area (Å²) in [6.07, 6.45) is -0.0874. The van der Waals surface area contributed by atoms with Gasteiger partial charge in [0, 0.05) is 6.54 Å². The van der Waals surface area contributed by atoms with Gasteiger partial charge in [0.1, 0.15) is 5.60 Å². The van der Waals surface area contributed by atoms with Crippen molar-refractivity contribution in [2.45, 2.75) is 83.8 Å². The van der Waals surface area contributed by atoms with Crippen molar-refractivity contribution in [1.29, 1.82) is 0 Å². The molecular formula is C21H38N2O3Si. The van der Waals surface area contributed by atoms with Crippen molar-refractivity contribution in [2.75, 3.05) is 6.54 Å². The quantitative estimate of drug-likeness (QED) is 0.669. The van der Waals surface area contributed by atoms with Crippen LogP contribution in [-0.4, -0.2) is 38.7 Å². The molecule has 0 saturated heterocycles. The van der Waals surface area contributed by atoms with E-state index in [2.05, 4.69) is 39.2 Å². The van der Waals surface area contributed by atoms with E-state index in [4.69, 9.17) is 14.9 Å². The van der Waals surface area contributed by atoms with E-state index in [0.29, 0.717) is 13.0 Å². The van der Waals surface area contributed by atoms with Gasteiger partial charge in [-0.05, 0) is 50.9 Å². The van der Waals surface area contributed by atoms with E-state index in [-0.39, 0.29) is 17.2 Å². The maximum atomic E-state index is 12.4. The van der Waals surface area contributed by atoms with E-state index in [1.54, 1.807) is 0 Å². The highest BCUT2D eigenvalue weighted by Gasteiger charge is 2.41. The molecule has 1 rings (SSSR count). The molecule has 1 amide bonds. The van der Waals surface area contributed by atoms with Gasteiger partial charge in [0.05, 0.1) is 12.1 Å². The summed E-state index contributed by atoms with van der Waals surface area (Å²) in [7, 11) is -2.04. The van der Waals surface area contributed by atoms with Gasteiger partial charge in [0.15, 0.2) is 8.32 Å². The molecular weight excluding hydrogens is 356 g/mol. The number of rotatable bonds is 7. The number of nitrogens with one attached hydrogen (secondary N) is 1. The number of benzene rings is 1. The highest BCUT2D eigenvalue weighted by molar-refractivity contribution is 6.74. The molecule has 0 bridgehead atoms. The van der Waals surface area contributed by atoms with Crippen LogP contribution in [0.15, 0.2) is 30.3 Å². The molecule has 0 spiro atoms. The molecule has 3 N–H and O–H groups in total. The van der Waals surface area contributed by atoms with Gasteiger partial charge in [-0.1, -0.05) is 51.1 Å². The lowest BCUT2D eigenvalue weighted by Gasteiger charge is -2.41. The molecule has 0 unspecified atom stereocenters. The zero-order valence-electron chi connectivity index (χ0n) is 18.3. The molecule has 0 aliphatic heterocycles. The summed E-state index contributed by atoms with van der Waals surface area (Å²) < 4.78 is 12.0. The van der Waals surface area contributed by atoms with E-state index in [1.165, 1.54) is 0 Å². The van der Waals surface area contributed by atoms with Crippen molar-refractivity contribution in [1.82, 2.24) is 5.32 Å². The number of hydrogen-bond donors (Lipinski definition) is 2. The molecule has 0 fully saturated rings. The zero-order valence-corrected chi connectivity index (χ0v) is 19.3. The summed E-state index contributed by atoms with van der Waals surface area (Å²) in [5, 5.41) is 3.06. The van der Waals surface area contributed by atoms with E-state index in [0.717, 1.165) is 5.56 Å². The van der Waals surface area contributed by atoms with Crippen molar-refractivity contribution < 1.29 is 14.0 Å². The molecule has 0 aliphatic rings. The molecule has 2 atom stereocenters. The van der Waals surface area contributed by atoms with Gasteiger partial charge < -0.3 is 20.2 Å². The first-order valence-corrected chi connectivity index (χ1v) is 12.6. The molecule has 0 aliphatic carbocycles. The molecule has 27 heavy (non-hydrogen) atoms. The second-order valence-corrected chi connectivity index (χ2v) is 14.4. The average molecular weight is 395 g/mol. The Balaban J connectivity index is 3.04. The van der Waals surface area contributed by atoms with Crippen LogP contribution in [0.1, 0.15) is 47.1 Å². The van der Waals surface area contributed by atoms with Crippen LogP contribution in [0.25, 0.3) is 0 Å². The second-order valence-electron chi connectivity index (χ2n) is 9.59. The summed E-state index contributed by atoms with van der Waals surface area (Å²) in [4.78, 5) is 12.4. The highest BCUT2D eigenvalue weighted by atomic mass is 28.4. The van der Waals surface area contributed by atoms with Crippen LogP contribution in [0.3, 0.4) is 0 Å². The van der Waals surface area contributed by atoms with Crippen LogP contribution in [0.2, 0.25) is 18.1 Å². The van der Waals surface area contributed by atoms with Crippen molar-refractivity contribution in [3.63, 3.8) is 0 Å². The fourth-order valence-electron chi connectivity index (χ4n) is 2.45. The minimum absolute atomic E-state index is 0.0592. The Labute approximate surface area is 166 Å². The maximum absolute atomic E-state index is 12.4. The summed E-state index contributed by atoms with van der Waals surface area (Å²) in [6.45, 7) is 16.9. The minimum Gasteiger partial charge on any atom is -0.444 e. The monoisotopic (exact) mass is 394 g/mol. The molecule has 5 nitrogen and oxygen atoms in total. The molecule has 154 valence electrons. The number of amides is 1. The lowest BCUT2D eigenvalue weighted by atomic mass is 10.0. The zero-order chi connectivity index (χ0) is 20.9. The fourth-order valence-corrected chi connectivity index (χ4v) is 3.82. The standard InChI is InChI=1S/C21H38N2O3Si/c1-20(2,3)25-19(24)23-17(14-16-12-10-9-11-13-16)18(15-22)26-27(7,8)21(4,5)6/h9-13,17-18H,14-15,22H2,1-8H3,(H,23,24)/t17-,18-/m0/s1. The van der Waals surface area contributed by atoms with Gasteiger partial charge in [0.2, 0.25) is 0 Å². The molecule has 0 radical (unpaired) electrons. The Morgan fingerprint density at radius 3 is 2.11 bits per heavy atom. The van der Waals surface area contributed by atoms with Gasteiger partial charge in [-0.3, -0.25) is 0 Å². The predicted octanol–water partition coefficient (Wildman–Crippen LogP) is 4.47. The third-order valence-corrected chi connectivity index (χ3v) is 9.44. The maximum Gasteiger partial charge on any atom is 0.407 e. The number of alkyl carbamates (subject to hydrolysis) is 1. The van der Waals surface area contributed by atoms with Crippen LogP contribution in [0.5, 0.6) is 0 Å². The molecule has 0 heterocycles. The summed E-state index contributed by atoms with van der Waals surface area (Å²) in [6, 6.07) is 9.79. The number of carbonyl (C=O) groups excluding carboxylic acids is 1. The SMILES string of the molecule is CC(C)(C)OC(=O)N[C@@H](Cc1ccccc1)[C@H](CN)O[Si](C)(C)C(C)(C)C. The van der Waals surface area contributed by atoms with Crippen molar-refractivity contribution in [2.24, 2.45) is 5.73 Å². The van der Waals surface area contributed by atoms with Gasteiger partial charge in [0.25, 0.3) is 0 Å². The van der Waals surface area contributed by atoms with Crippen LogP contribution < -0.4 is 11.1 Å². The number of hydrogen-bond acceptors (Lipinski definition) is 4. The van der Waals surface area contributed by atoms with Crippen LogP contribution >= 0.6 is 0 Å². The summed E-state index contributed by atoms with van der Waals surface area (Å²) >= 11 is 0. The largest absolute Gasteiger partial charge is 0.444 e. The average Bonchev–Trinajstić information content (AvgIpc) is 2.50. The first kappa shape index (κ1) is 23.7. The normalized spacial score (nSPS) is 15.1.